The van der Waals surface area contributed by atoms with Crippen LogP contribution < -0.4 is 15.5 Å². The van der Waals surface area contributed by atoms with Gasteiger partial charge in [0.25, 0.3) is 6.02 Å². The smallest absolute Gasteiger partial charge is 0.282 e. The molecule has 1 fully saturated rings. The van der Waals surface area contributed by atoms with Gasteiger partial charge in [-0.05, 0) is 24.3 Å². The first-order valence-corrected chi connectivity index (χ1v) is 7.82. The molecule has 3 rings (SSSR count). The quantitative estimate of drug-likeness (QED) is 0.882. The predicted molar refractivity (Wildman–Crippen MR) is 90.8 cm³/mol. The van der Waals surface area contributed by atoms with Crippen LogP contribution in [0, 0.1) is 0 Å². The maximum Gasteiger partial charge on any atom is 0.282 e. The zero-order chi connectivity index (χ0) is 15.5. The Hall–Kier alpha value is -1.95. The number of rotatable bonds is 4. The van der Waals surface area contributed by atoms with Crippen LogP contribution >= 0.6 is 0 Å². The van der Waals surface area contributed by atoms with Crippen molar-refractivity contribution in [3.63, 3.8) is 0 Å². The molecule has 2 N–H and O–H groups in total. The number of nitrogens with two attached hydrogens (primary N) is 1. The summed E-state index contributed by atoms with van der Waals surface area (Å²) in [7, 11) is 4.13. The van der Waals surface area contributed by atoms with Gasteiger partial charge in [0.2, 0.25) is 0 Å². The monoisotopic (exact) mass is 303 g/mol. The SMILES string of the molecule is CN(C)c1ccc(N2CCN(CC3COC(N)=N3)CC2)cc1. The summed E-state index contributed by atoms with van der Waals surface area (Å²) in [5, 5.41) is 0. The van der Waals surface area contributed by atoms with E-state index in [2.05, 4.69) is 58.1 Å². The summed E-state index contributed by atoms with van der Waals surface area (Å²) in [6.07, 6.45) is 0. The summed E-state index contributed by atoms with van der Waals surface area (Å²) in [6.45, 7) is 5.77. The normalized spacial score (nSPS) is 22.4. The third-order valence-electron chi connectivity index (χ3n) is 4.31. The maximum atomic E-state index is 5.56. The van der Waals surface area contributed by atoms with E-state index in [1.807, 2.05) is 0 Å². The first kappa shape index (κ1) is 15.0. The van der Waals surface area contributed by atoms with E-state index >= 15 is 0 Å². The number of anilines is 2. The van der Waals surface area contributed by atoms with Crippen molar-refractivity contribution in [1.29, 1.82) is 0 Å². The molecule has 0 spiro atoms. The summed E-state index contributed by atoms with van der Waals surface area (Å²) in [6, 6.07) is 9.31. The first-order valence-electron chi connectivity index (χ1n) is 7.82. The Bertz CT molecular complexity index is 520. The van der Waals surface area contributed by atoms with Gasteiger partial charge in [-0.2, -0.15) is 0 Å². The second kappa shape index (κ2) is 6.44. The number of benzene rings is 1. The lowest BCUT2D eigenvalue weighted by Crippen LogP contribution is -2.48. The van der Waals surface area contributed by atoms with Crippen molar-refractivity contribution in [2.45, 2.75) is 6.04 Å². The van der Waals surface area contributed by atoms with Gasteiger partial charge in [-0.25, -0.2) is 4.99 Å². The topological polar surface area (TPSA) is 57.3 Å². The molecule has 1 saturated heterocycles. The minimum atomic E-state index is 0.200. The number of nitrogens with zero attached hydrogens (tertiary/aromatic N) is 4. The molecule has 2 aliphatic rings. The van der Waals surface area contributed by atoms with Gasteiger partial charge in [0.15, 0.2) is 0 Å². The van der Waals surface area contributed by atoms with E-state index < -0.39 is 0 Å². The summed E-state index contributed by atoms with van der Waals surface area (Å²) in [4.78, 5) is 11.3. The Morgan fingerprint density at radius 3 is 2.41 bits per heavy atom. The Morgan fingerprint density at radius 1 is 1.18 bits per heavy atom. The summed E-state index contributed by atoms with van der Waals surface area (Å²) < 4.78 is 5.21. The number of aliphatic imine (C=N–C) groups is 1. The molecule has 2 heterocycles. The fraction of sp³-hybridized carbons (Fsp3) is 0.562. The highest BCUT2D eigenvalue weighted by molar-refractivity contribution is 5.73. The van der Waals surface area contributed by atoms with E-state index in [1.54, 1.807) is 0 Å². The molecule has 2 aliphatic heterocycles. The lowest BCUT2D eigenvalue weighted by molar-refractivity contribution is 0.219. The molecule has 0 aromatic heterocycles. The third-order valence-corrected chi connectivity index (χ3v) is 4.31. The Labute approximate surface area is 132 Å². The molecular weight excluding hydrogens is 278 g/mol. The fourth-order valence-corrected chi connectivity index (χ4v) is 2.98. The van der Waals surface area contributed by atoms with Crippen LogP contribution in [0.2, 0.25) is 0 Å². The summed E-state index contributed by atoms with van der Waals surface area (Å²) in [5.41, 5.74) is 8.10. The van der Waals surface area contributed by atoms with E-state index in [-0.39, 0.29) is 6.04 Å². The second-order valence-corrected chi connectivity index (χ2v) is 6.13. The van der Waals surface area contributed by atoms with Crippen molar-refractivity contribution in [3.05, 3.63) is 24.3 Å². The zero-order valence-electron chi connectivity index (χ0n) is 13.4. The molecule has 1 atom stereocenters. The van der Waals surface area contributed by atoms with Crippen LogP contribution in [0.15, 0.2) is 29.3 Å². The Morgan fingerprint density at radius 2 is 1.86 bits per heavy atom. The molecule has 22 heavy (non-hydrogen) atoms. The molecule has 0 aliphatic carbocycles. The van der Waals surface area contributed by atoms with E-state index in [0.717, 1.165) is 32.7 Å². The molecule has 6 nitrogen and oxygen atoms in total. The molecule has 1 aromatic rings. The number of ether oxygens (including phenoxy) is 1. The molecule has 0 saturated carbocycles. The van der Waals surface area contributed by atoms with E-state index in [4.69, 9.17) is 10.5 Å². The van der Waals surface area contributed by atoms with Gasteiger partial charge in [-0.15, -0.1) is 0 Å². The van der Waals surface area contributed by atoms with E-state index in [9.17, 15) is 0 Å². The minimum absolute atomic E-state index is 0.200. The average molecular weight is 303 g/mol. The van der Waals surface area contributed by atoms with E-state index in [1.165, 1.54) is 11.4 Å². The van der Waals surface area contributed by atoms with Crippen molar-refractivity contribution in [3.8, 4) is 0 Å². The number of amidine groups is 1. The van der Waals surface area contributed by atoms with Crippen LogP contribution in [0.5, 0.6) is 0 Å². The largest absolute Gasteiger partial charge is 0.463 e. The highest BCUT2D eigenvalue weighted by atomic mass is 16.5. The predicted octanol–water partition coefficient (Wildman–Crippen LogP) is 0.588. The lowest BCUT2D eigenvalue weighted by atomic mass is 10.2. The van der Waals surface area contributed by atoms with Gasteiger partial charge in [0.05, 0.1) is 0 Å². The highest BCUT2D eigenvalue weighted by Crippen LogP contribution is 2.21. The van der Waals surface area contributed by atoms with Crippen molar-refractivity contribution < 1.29 is 4.74 Å². The second-order valence-electron chi connectivity index (χ2n) is 6.13. The van der Waals surface area contributed by atoms with Crippen molar-refractivity contribution in [2.24, 2.45) is 10.7 Å². The summed E-state index contributed by atoms with van der Waals surface area (Å²) >= 11 is 0. The molecular formula is C16H25N5O. The van der Waals surface area contributed by atoms with Gasteiger partial charge < -0.3 is 20.3 Å². The highest BCUT2D eigenvalue weighted by Gasteiger charge is 2.23. The van der Waals surface area contributed by atoms with Gasteiger partial charge in [0.1, 0.15) is 12.6 Å². The maximum absolute atomic E-state index is 5.56. The lowest BCUT2D eigenvalue weighted by Gasteiger charge is -2.36. The Kier molecular flexibility index (Phi) is 4.38. The van der Waals surface area contributed by atoms with Crippen LogP contribution in [0.3, 0.4) is 0 Å². The summed E-state index contributed by atoms with van der Waals surface area (Å²) in [5.74, 6) is 0. The van der Waals surface area contributed by atoms with Gasteiger partial charge in [-0.3, -0.25) is 4.90 Å². The average Bonchev–Trinajstić information content (AvgIpc) is 2.93. The molecule has 120 valence electrons. The minimum Gasteiger partial charge on any atom is -0.463 e. The molecule has 6 heteroatoms. The van der Waals surface area contributed by atoms with Gasteiger partial charge in [0, 0.05) is 58.2 Å². The standard InChI is InChI=1S/C16H25N5O/c1-19(2)14-3-5-15(6-4-14)21-9-7-20(8-10-21)11-13-12-22-16(17)18-13/h3-6,13H,7-12H2,1-2H3,(H2,17,18). The van der Waals surface area contributed by atoms with Crippen molar-refractivity contribution >= 4 is 17.4 Å². The zero-order valence-corrected chi connectivity index (χ0v) is 13.4. The molecule has 1 aromatic carbocycles. The number of piperazine rings is 1. The number of hydrogen-bond donors (Lipinski definition) is 1. The van der Waals surface area contributed by atoms with Crippen LogP contribution in [0.1, 0.15) is 0 Å². The van der Waals surface area contributed by atoms with E-state index in [0.29, 0.717) is 12.6 Å². The van der Waals surface area contributed by atoms with Crippen LogP contribution in [-0.4, -0.2) is 70.4 Å². The van der Waals surface area contributed by atoms with Gasteiger partial charge >= 0.3 is 0 Å². The van der Waals surface area contributed by atoms with Gasteiger partial charge in [-0.1, -0.05) is 0 Å². The Balaban J connectivity index is 1.51. The molecule has 0 amide bonds. The van der Waals surface area contributed by atoms with Crippen LogP contribution in [0.4, 0.5) is 11.4 Å². The van der Waals surface area contributed by atoms with Crippen LogP contribution in [0.25, 0.3) is 0 Å². The van der Waals surface area contributed by atoms with Crippen molar-refractivity contribution in [2.75, 3.05) is 63.2 Å². The third kappa shape index (κ3) is 3.44. The number of hydrogen-bond acceptors (Lipinski definition) is 6. The fourth-order valence-electron chi connectivity index (χ4n) is 2.98. The molecule has 0 radical (unpaired) electrons. The molecule has 0 bridgehead atoms. The molecule has 1 unspecified atom stereocenters. The first-order chi connectivity index (χ1) is 10.6. The van der Waals surface area contributed by atoms with Crippen molar-refractivity contribution in [1.82, 2.24) is 4.90 Å². The van der Waals surface area contributed by atoms with Crippen LogP contribution in [-0.2, 0) is 4.74 Å².